The SMILES string of the molecule is CCC(=O)CN1C(=O)CCC1=O.COC(CCCN)OC. The van der Waals surface area contributed by atoms with Crippen LogP contribution in [0.2, 0.25) is 0 Å². The molecule has 0 aromatic heterocycles. The maximum Gasteiger partial charge on any atom is 0.230 e. The number of methoxy groups -OCH3 is 2. The predicted octanol–water partition coefficient (Wildman–Crippen LogP) is 0.459. The van der Waals surface area contributed by atoms with E-state index in [4.69, 9.17) is 15.2 Å². The molecule has 0 radical (unpaired) electrons. The van der Waals surface area contributed by atoms with Gasteiger partial charge in [-0.3, -0.25) is 19.3 Å². The summed E-state index contributed by atoms with van der Waals surface area (Å²) >= 11 is 0. The largest absolute Gasteiger partial charge is 0.356 e. The molecule has 0 spiro atoms. The van der Waals surface area contributed by atoms with Gasteiger partial charge in [0.2, 0.25) is 11.8 Å². The quantitative estimate of drug-likeness (QED) is 0.516. The molecular weight excluding hydrogens is 276 g/mol. The maximum atomic E-state index is 11.0. The molecule has 1 fully saturated rings. The van der Waals surface area contributed by atoms with Crippen molar-refractivity contribution in [3.8, 4) is 0 Å². The second kappa shape index (κ2) is 11.4. The lowest BCUT2D eigenvalue weighted by molar-refractivity contribution is -0.141. The molecule has 2 amide bonds. The first-order valence-electron chi connectivity index (χ1n) is 7.10. The first-order chi connectivity index (χ1) is 9.99. The van der Waals surface area contributed by atoms with Gasteiger partial charge in [-0.1, -0.05) is 6.92 Å². The highest BCUT2D eigenvalue weighted by atomic mass is 16.7. The van der Waals surface area contributed by atoms with Crippen LogP contribution in [0.4, 0.5) is 0 Å². The Kier molecular flexibility index (Phi) is 10.7. The second-order valence-corrected chi connectivity index (χ2v) is 4.60. The zero-order chi connectivity index (χ0) is 16.3. The Balaban J connectivity index is 0.000000400. The zero-order valence-corrected chi connectivity index (χ0v) is 13.1. The molecule has 1 saturated heterocycles. The molecule has 1 aliphatic heterocycles. The highest BCUT2D eigenvalue weighted by Gasteiger charge is 2.29. The molecular formula is C14H26N2O5. The van der Waals surface area contributed by atoms with Crippen LogP contribution in [0.1, 0.15) is 39.0 Å². The zero-order valence-electron chi connectivity index (χ0n) is 13.1. The number of Topliss-reactive ketones (excluding diaryl/α,β-unsaturated/α-hetero) is 1. The Morgan fingerprint density at radius 3 is 2.14 bits per heavy atom. The van der Waals surface area contributed by atoms with Gasteiger partial charge in [0.1, 0.15) is 0 Å². The molecule has 0 aromatic rings. The van der Waals surface area contributed by atoms with Crippen molar-refractivity contribution in [3.05, 3.63) is 0 Å². The first-order valence-corrected chi connectivity index (χ1v) is 7.10. The van der Waals surface area contributed by atoms with Crippen molar-refractivity contribution in [2.75, 3.05) is 27.3 Å². The number of imide groups is 1. The van der Waals surface area contributed by atoms with Crippen LogP contribution < -0.4 is 5.73 Å². The molecule has 21 heavy (non-hydrogen) atoms. The molecule has 0 atom stereocenters. The van der Waals surface area contributed by atoms with Gasteiger partial charge in [-0.05, 0) is 19.4 Å². The number of hydrogen-bond acceptors (Lipinski definition) is 6. The van der Waals surface area contributed by atoms with E-state index < -0.39 is 0 Å². The molecule has 1 rings (SSSR count). The van der Waals surface area contributed by atoms with E-state index in [0.29, 0.717) is 13.0 Å². The summed E-state index contributed by atoms with van der Waals surface area (Å²) in [5, 5.41) is 0. The Morgan fingerprint density at radius 2 is 1.76 bits per heavy atom. The summed E-state index contributed by atoms with van der Waals surface area (Å²) in [5.74, 6) is -0.512. The second-order valence-electron chi connectivity index (χ2n) is 4.60. The predicted molar refractivity (Wildman–Crippen MR) is 77.3 cm³/mol. The summed E-state index contributed by atoms with van der Waals surface area (Å²) in [6, 6.07) is 0. The van der Waals surface area contributed by atoms with E-state index in [1.807, 2.05) is 0 Å². The van der Waals surface area contributed by atoms with Crippen molar-refractivity contribution >= 4 is 17.6 Å². The maximum absolute atomic E-state index is 11.0. The Labute approximate surface area is 125 Å². The normalized spacial score (nSPS) is 14.4. The van der Waals surface area contributed by atoms with E-state index >= 15 is 0 Å². The third-order valence-electron chi connectivity index (χ3n) is 3.05. The average molecular weight is 302 g/mol. The number of ether oxygens (including phenoxy) is 2. The minimum atomic E-state index is -0.221. The number of nitrogens with two attached hydrogens (primary N) is 1. The van der Waals surface area contributed by atoms with Crippen molar-refractivity contribution in [1.29, 1.82) is 0 Å². The van der Waals surface area contributed by atoms with Gasteiger partial charge < -0.3 is 15.2 Å². The van der Waals surface area contributed by atoms with E-state index in [9.17, 15) is 14.4 Å². The van der Waals surface area contributed by atoms with Crippen LogP contribution in [0.25, 0.3) is 0 Å². The minimum Gasteiger partial charge on any atom is -0.356 e. The van der Waals surface area contributed by atoms with Crippen LogP contribution in [0.3, 0.4) is 0 Å². The van der Waals surface area contributed by atoms with E-state index in [-0.39, 0.29) is 43.3 Å². The fourth-order valence-corrected chi connectivity index (χ4v) is 1.70. The van der Waals surface area contributed by atoms with E-state index in [1.165, 1.54) is 0 Å². The van der Waals surface area contributed by atoms with Gasteiger partial charge in [0.05, 0.1) is 6.54 Å². The molecule has 0 aromatic carbocycles. The smallest absolute Gasteiger partial charge is 0.230 e. The molecule has 0 unspecified atom stereocenters. The van der Waals surface area contributed by atoms with E-state index in [0.717, 1.165) is 17.7 Å². The number of carbonyl (C=O) groups excluding carboxylic acids is 3. The summed E-state index contributed by atoms with van der Waals surface area (Å²) in [6.45, 7) is 2.38. The standard InChI is InChI=1S/C8H11NO3.C6H15NO2/c1-2-6(10)5-9-7(11)3-4-8(9)12;1-8-6(9-2)4-3-5-7/h2-5H2,1H3;6H,3-5,7H2,1-2H3. The van der Waals surface area contributed by atoms with Crippen LogP contribution in [-0.2, 0) is 23.9 Å². The Bertz CT molecular complexity index is 326. The number of amides is 2. The van der Waals surface area contributed by atoms with Crippen LogP contribution in [0, 0.1) is 0 Å². The molecule has 0 aliphatic carbocycles. The molecule has 7 heteroatoms. The van der Waals surface area contributed by atoms with Crippen LogP contribution >= 0.6 is 0 Å². The first kappa shape index (κ1) is 19.7. The summed E-state index contributed by atoms with van der Waals surface area (Å²) in [4.78, 5) is 33.9. The Hall–Kier alpha value is -1.31. The van der Waals surface area contributed by atoms with Gasteiger partial charge in [-0.2, -0.15) is 0 Å². The lowest BCUT2D eigenvalue weighted by atomic mass is 10.3. The molecule has 1 heterocycles. The van der Waals surface area contributed by atoms with Gasteiger partial charge in [0, 0.05) is 33.5 Å². The van der Waals surface area contributed by atoms with Crippen LogP contribution in [-0.4, -0.2) is 56.1 Å². The summed E-state index contributed by atoms with van der Waals surface area (Å²) in [7, 11) is 3.26. The minimum absolute atomic E-state index is 0.0336. The lowest BCUT2D eigenvalue weighted by Gasteiger charge is -2.11. The van der Waals surface area contributed by atoms with Crippen molar-refractivity contribution < 1.29 is 23.9 Å². The molecule has 0 bridgehead atoms. The van der Waals surface area contributed by atoms with Crippen molar-refractivity contribution in [3.63, 3.8) is 0 Å². The van der Waals surface area contributed by atoms with Gasteiger partial charge >= 0.3 is 0 Å². The Morgan fingerprint density at radius 1 is 1.24 bits per heavy atom. The van der Waals surface area contributed by atoms with Gasteiger partial charge in [-0.25, -0.2) is 0 Å². The monoisotopic (exact) mass is 302 g/mol. The van der Waals surface area contributed by atoms with Crippen LogP contribution in [0.15, 0.2) is 0 Å². The van der Waals surface area contributed by atoms with Crippen molar-refractivity contribution in [2.24, 2.45) is 5.73 Å². The fraction of sp³-hybridized carbons (Fsp3) is 0.786. The molecule has 2 N–H and O–H groups in total. The number of nitrogens with zero attached hydrogens (tertiary/aromatic N) is 1. The molecule has 1 aliphatic rings. The number of likely N-dealkylation sites (tertiary alicyclic amines) is 1. The third kappa shape index (κ3) is 7.89. The lowest BCUT2D eigenvalue weighted by Crippen LogP contribution is -2.33. The average Bonchev–Trinajstić information content (AvgIpc) is 2.81. The van der Waals surface area contributed by atoms with Gasteiger partial charge in [0.15, 0.2) is 12.1 Å². The summed E-state index contributed by atoms with van der Waals surface area (Å²) < 4.78 is 9.85. The van der Waals surface area contributed by atoms with Gasteiger partial charge in [0.25, 0.3) is 0 Å². The van der Waals surface area contributed by atoms with Crippen molar-refractivity contribution in [1.82, 2.24) is 4.90 Å². The number of hydrogen-bond donors (Lipinski definition) is 1. The molecule has 7 nitrogen and oxygen atoms in total. The molecule has 0 saturated carbocycles. The number of ketones is 1. The van der Waals surface area contributed by atoms with Crippen LogP contribution in [0.5, 0.6) is 0 Å². The number of carbonyl (C=O) groups is 3. The highest BCUT2D eigenvalue weighted by molar-refractivity contribution is 6.04. The molecule has 122 valence electrons. The van der Waals surface area contributed by atoms with E-state index in [1.54, 1.807) is 21.1 Å². The summed E-state index contributed by atoms with van der Waals surface area (Å²) in [5.41, 5.74) is 5.28. The van der Waals surface area contributed by atoms with Crippen molar-refractivity contribution in [2.45, 2.75) is 45.3 Å². The van der Waals surface area contributed by atoms with Gasteiger partial charge in [-0.15, -0.1) is 0 Å². The fourth-order valence-electron chi connectivity index (χ4n) is 1.70. The topological polar surface area (TPSA) is 98.9 Å². The third-order valence-corrected chi connectivity index (χ3v) is 3.05. The summed E-state index contributed by atoms with van der Waals surface area (Å²) in [6.07, 6.45) is 2.65. The highest BCUT2D eigenvalue weighted by Crippen LogP contribution is 2.11. The number of rotatable bonds is 8. The van der Waals surface area contributed by atoms with E-state index in [2.05, 4.69) is 0 Å².